The van der Waals surface area contributed by atoms with Gasteiger partial charge in [0.25, 0.3) is 0 Å². The Bertz CT molecular complexity index is 584. The smallest absolute Gasteiger partial charge is 0.230 e. The molecule has 0 aliphatic carbocycles. The van der Waals surface area contributed by atoms with E-state index in [0.29, 0.717) is 12.4 Å². The first-order chi connectivity index (χ1) is 10.6. The molecule has 0 saturated carbocycles. The van der Waals surface area contributed by atoms with Gasteiger partial charge in [-0.05, 0) is 38.1 Å². The Hall–Kier alpha value is -1.94. The fraction of sp³-hybridized carbons (Fsp3) is 0.278. The van der Waals surface area contributed by atoms with E-state index >= 15 is 0 Å². The number of thioether (sulfide) groups is 1. The van der Waals surface area contributed by atoms with Crippen LogP contribution >= 0.6 is 11.8 Å². The number of benzene rings is 2. The fourth-order valence-corrected chi connectivity index (χ4v) is 2.61. The SMILES string of the molecule is Cc1ccc(OC[C@@H](C)NC(=O)CSc2ccccc2)cc1. The van der Waals surface area contributed by atoms with Crippen molar-refractivity contribution < 1.29 is 9.53 Å². The first kappa shape index (κ1) is 16.4. The first-order valence-corrected chi connectivity index (χ1v) is 8.29. The molecule has 0 saturated heterocycles. The zero-order chi connectivity index (χ0) is 15.8. The first-order valence-electron chi connectivity index (χ1n) is 7.30. The molecule has 2 rings (SSSR count). The molecule has 2 aromatic carbocycles. The Morgan fingerprint density at radius 2 is 1.82 bits per heavy atom. The number of aryl methyl sites for hydroxylation is 1. The van der Waals surface area contributed by atoms with E-state index in [0.717, 1.165) is 10.6 Å². The van der Waals surface area contributed by atoms with Gasteiger partial charge in [0.2, 0.25) is 5.91 Å². The largest absolute Gasteiger partial charge is 0.491 e. The van der Waals surface area contributed by atoms with Crippen molar-refractivity contribution in [2.24, 2.45) is 0 Å². The highest BCUT2D eigenvalue weighted by atomic mass is 32.2. The van der Waals surface area contributed by atoms with Crippen LogP contribution in [0.2, 0.25) is 0 Å². The van der Waals surface area contributed by atoms with Gasteiger partial charge >= 0.3 is 0 Å². The monoisotopic (exact) mass is 315 g/mol. The van der Waals surface area contributed by atoms with Crippen LogP contribution in [0.4, 0.5) is 0 Å². The highest BCUT2D eigenvalue weighted by Crippen LogP contribution is 2.16. The second kappa shape index (κ2) is 8.49. The lowest BCUT2D eigenvalue weighted by Crippen LogP contribution is -2.37. The summed E-state index contributed by atoms with van der Waals surface area (Å²) in [6.07, 6.45) is 0. The lowest BCUT2D eigenvalue weighted by atomic mass is 10.2. The molecule has 0 spiro atoms. The van der Waals surface area contributed by atoms with Crippen molar-refractivity contribution in [2.45, 2.75) is 24.8 Å². The third-order valence-electron chi connectivity index (χ3n) is 3.04. The minimum atomic E-state index is -0.0230. The third-order valence-corrected chi connectivity index (χ3v) is 4.05. The summed E-state index contributed by atoms with van der Waals surface area (Å²) in [6, 6.07) is 17.8. The van der Waals surface area contributed by atoms with E-state index in [1.54, 1.807) is 0 Å². The summed E-state index contributed by atoms with van der Waals surface area (Å²) in [7, 11) is 0. The van der Waals surface area contributed by atoms with Crippen LogP contribution in [-0.2, 0) is 4.79 Å². The maximum atomic E-state index is 11.9. The topological polar surface area (TPSA) is 38.3 Å². The normalized spacial score (nSPS) is 11.7. The average molecular weight is 315 g/mol. The minimum absolute atomic E-state index is 0.0221. The molecule has 0 aliphatic heterocycles. The van der Waals surface area contributed by atoms with E-state index in [9.17, 15) is 4.79 Å². The van der Waals surface area contributed by atoms with Gasteiger partial charge in [-0.15, -0.1) is 11.8 Å². The number of hydrogen-bond acceptors (Lipinski definition) is 3. The Morgan fingerprint density at radius 1 is 1.14 bits per heavy atom. The number of carbonyl (C=O) groups is 1. The average Bonchev–Trinajstić information content (AvgIpc) is 2.53. The molecule has 0 radical (unpaired) electrons. The van der Waals surface area contributed by atoms with E-state index in [1.807, 2.05) is 68.4 Å². The van der Waals surface area contributed by atoms with E-state index in [-0.39, 0.29) is 11.9 Å². The quantitative estimate of drug-likeness (QED) is 0.792. The summed E-state index contributed by atoms with van der Waals surface area (Å²) >= 11 is 1.53. The van der Waals surface area contributed by atoms with Gasteiger partial charge < -0.3 is 10.1 Å². The maximum Gasteiger partial charge on any atom is 0.230 e. The van der Waals surface area contributed by atoms with Crippen molar-refractivity contribution in [2.75, 3.05) is 12.4 Å². The molecular weight excluding hydrogens is 294 g/mol. The Balaban J connectivity index is 1.68. The predicted molar refractivity (Wildman–Crippen MR) is 91.4 cm³/mol. The summed E-state index contributed by atoms with van der Waals surface area (Å²) in [6.45, 7) is 4.45. The lowest BCUT2D eigenvalue weighted by molar-refractivity contribution is -0.119. The zero-order valence-electron chi connectivity index (χ0n) is 12.9. The molecule has 1 N–H and O–H groups in total. The van der Waals surface area contributed by atoms with Crippen molar-refractivity contribution >= 4 is 17.7 Å². The Labute approximate surface area is 136 Å². The number of nitrogens with one attached hydrogen (secondary N) is 1. The van der Waals surface area contributed by atoms with Crippen molar-refractivity contribution in [1.82, 2.24) is 5.32 Å². The third kappa shape index (κ3) is 5.82. The molecule has 0 heterocycles. The fourth-order valence-electron chi connectivity index (χ4n) is 1.88. The Morgan fingerprint density at radius 3 is 2.50 bits per heavy atom. The molecule has 3 nitrogen and oxygen atoms in total. The molecule has 2 aromatic rings. The predicted octanol–water partition coefficient (Wildman–Crippen LogP) is 3.67. The van der Waals surface area contributed by atoms with Crippen LogP contribution in [0.5, 0.6) is 5.75 Å². The molecule has 0 aromatic heterocycles. The maximum absolute atomic E-state index is 11.9. The van der Waals surface area contributed by atoms with Crippen molar-refractivity contribution in [3.63, 3.8) is 0 Å². The number of rotatable bonds is 7. The van der Waals surface area contributed by atoms with Gasteiger partial charge in [0.15, 0.2) is 0 Å². The molecule has 116 valence electrons. The molecule has 0 bridgehead atoms. The second-order valence-corrected chi connectivity index (χ2v) is 6.24. The van der Waals surface area contributed by atoms with Crippen LogP contribution in [0, 0.1) is 6.92 Å². The van der Waals surface area contributed by atoms with Gasteiger partial charge in [0.05, 0.1) is 11.8 Å². The molecule has 1 amide bonds. The van der Waals surface area contributed by atoms with Crippen molar-refractivity contribution in [1.29, 1.82) is 0 Å². The molecule has 0 unspecified atom stereocenters. The van der Waals surface area contributed by atoms with Gasteiger partial charge in [-0.25, -0.2) is 0 Å². The highest BCUT2D eigenvalue weighted by molar-refractivity contribution is 8.00. The van der Waals surface area contributed by atoms with E-state index < -0.39 is 0 Å². The zero-order valence-corrected chi connectivity index (χ0v) is 13.7. The van der Waals surface area contributed by atoms with Crippen LogP contribution in [0.15, 0.2) is 59.5 Å². The van der Waals surface area contributed by atoms with Crippen LogP contribution in [0.3, 0.4) is 0 Å². The number of hydrogen-bond donors (Lipinski definition) is 1. The van der Waals surface area contributed by atoms with Gasteiger partial charge in [-0.2, -0.15) is 0 Å². The second-order valence-electron chi connectivity index (χ2n) is 5.19. The van der Waals surface area contributed by atoms with Gasteiger partial charge in [0, 0.05) is 4.90 Å². The number of carbonyl (C=O) groups excluding carboxylic acids is 1. The van der Waals surface area contributed by atoms with Gasteiger partial charge in [-0.1, -0.05) is 35.9 Å². The summed E-state index contributed by atoms with van der Waals surface area (Å²) in [5, 5.41) is 2.95. The minimum Gasteiger partial charge on any atom is -0.491 e. The van der Waals surface area contributed by atoms with Crippen LogP contribution in [-0.4, -0.2) is 24.3 Å². The molecule has 4 heteroatoms. The van der Waals surface area contributed by atoms with Crippen molar-refractivity contribution in [3.8, 4) is 5.75 Å². The summed E-state index contributed by atoms with van der Waals surface area (Å²) in [4.78, 5) is 13.0. The van der Waals surface area contributed by atoms with Crippen molar-refractivity contribution in [3.05, 3.63) is 60.2 Å². The van der Waals surface area contributed by atoms with Gasteiger partial charge in [-0.3, -0.25) is 4.79 Å². The summed E-state index contributed by atoms with van der Waals surface area (Å²) in [5.74, 6) is 1.26. The van der Waals surface area contributed by atoms with Crippen LogP contribution in [0.25, 0.3) is 0 Å². The van der Waals surface area contributed by atoms with E-state index in [2.05, 4.69) is 5.32 Å². The molecule has 1 atom stereocenters. The summed E-state index contributed by atoms with van der Waals surface area (Å²) in [5.41, 5.74) is 1.20. The van der Waals surface area contributed by atoms with E-state index in [4.69, 9.17) is 4.74 Å². The molecular formula is C18H21NO2S. The van der Waals surface area contributed by atoms with Crippen LogP contribution < -0.4 is 10.1 Å². The van der Waals surface area contributed by atoms with Crippen LogP contribution in [0.1, 0.15) is 12.5 Å². The van der Waals surface area contributed by atoms with E-state index in [1.165, 1.54) is 17.3 Å². The molecule has 0 aliphatic rings. The number of amides is 1. The molecule has 0 fully saturated rings. The summed E-state index contributed by atoms with van der Waals surface area (Å²) < 4.78 is 5.66. The standard InChI is InChI=1S/C18H21NO2S/c1-14-8-10-16(11-9-14)21-12-15(2)19-18(20)13-22-17-6-4-3-5-7-17/h3-11,15H,12-13H2,1-2H3,(H,19,20)/t15-/m1/s1. The van der Waals surface area contributed by atoms with Gasteiger partial charge in [0.1, 0.15) is 12.4 Å². The molecule has 22 heavy (non-hydrogen) atoms. The number of ether oxygens (including phenoxy) is 1. The lowest BCUT2D eigenvalue weighted by Gasteiger charge is -2.15. The highest BCUT2D eigenvalue weighted by Gasteiger charge is 2.08. The Kier molecular flexibility index (Phi) is 6.34.